The van der Waals surface area contributed by atoms with E-state index in [1.807, 2.05) is 0 Å². The van der Waals surface area contributed by atoms with Crippen LogP contribution >= 0.6 is 0 Å². The zero-order chi connectivity index (χ0) is 19.3. The van der Waals surface area contributed by atoms with Crippen molar-refractivity contribution in [1.82, 2.24) is 0 Å². The van der Waals surface area contributed by atoms with Gasteiger partial charge in [-0.2, -0.15) is 56.7 Å². The smallest absolute Gasteiger partial charge is 0.281 e. The molecule has 0 heterocycles. The first-order chi connectivity index (χ1) is 9.63. The molecule has 0 fully saturated rings. The lowest BCUT2D eigenvalue weighted by Gasteiger charge is -2.35. The zero-order valence-corrected chi connectivity index (χ0v) is 10.5. The maximum Gasteiger partial charge on any atom is 0.445 e. The van der Waals surface area contributed by atoms with Crippen LogP contribution in [-0.4, -0.2) is 48.7 Å². The summed E-state index contributed by atoms with van der Waals surface area (Å²) in [5.74, 6) is -15.4. The second-order valence-electron chi connectivity index (χ2n) is 3.63. The van der Waals surface area contributed by atoms with E-state index >= 15 is 0 Å². The summed E-state index contributed by atoms with van der Waals surface area (Å²) in [6.07, 6.45) is -19.0. The molecule has 0 spiro atoms. The van der Waals surface area contributed by atoms with Gasteiger partial charge in [-0.3, -0.25) is 9.29 Å². The van der Waals surface area contributed by atoms with Crippen LogP contribution < -0.4 is 0 Å². The summed E-state index contributed by atoms with van der Waals surface area (Å²) >= 11 is 0. The zero-order valence-electron chi connectivity index (χ0n) is 9.69. The van der Waals surface area contributed by atoms with E-state index in [4.69, 9.17) is 4.55 Å². The van der Waals surface area contributed by atoms with Crippen molar-refractivity contribution in [3.8, 4) is 0 Å². The van der Waals surface area contributed by atoms with Crippen LogP contribution in [0.3, 0.4) is 0 Å². The first-order valence-corrected chi connectivity index (χ1v) is 5.94. The topological polar surface area (TPSA) is 63.6 Å². The third-order valence-corrected chi connectivity index (χ3v) is 2.86. The van der Waals surface area contributed by atoms with Crippen LogP contribution in [0.1, 0.15) is 0 Å². The van der Waals surface area contributed by atoms with E-state index in [0.29, 0.717) is 0 Å². The lowest BCUT2D eigenvalue weighted by molar-refractivity contribution is -0.452. The Kier molecular flexibility index (Phi) is 5.31. The predicted octanol–water partition coefficient (Wildman–Crippen LogP) is 3.20. The van der Waals surface area contributed by atoms with Crippen molar-refractivity contribution in [2.24, 2.45) is 0 Å². The predicted molar refractivity (Wildman–Crippen MR) is 43.4 cm³/mol. The molecule has 1 atom stereocenters. The molecule has 0 aliphatic rings. The van der Waals surface area contributed by atoms with Gasteiger partial charge in [0.1, 0.15) is 0 Å². The highest BCUT2D eigenvalue weighted by Gasteiger charge is 2.86. The van der Waals surface area contributed by atoms with Gasteiger partial charge in [0.05, 0.1) is 0 Å². The minimum absolute atomic E-state index is 1.70. The summed E-state index contributed by atoms with van der Waals surface area (Å²) in [5, 5.41) is -7.28. The molecule has 23 heavy (non-hydrogen) atoms. The largest absolute Gasteiger partial charge is 0.445 e. The number of hydrogen-bond donors (Lipinski definition) is 1. The Morgan fingerprint density at radius 2 is 1.13 bits per heavy atom. The molecule has 0 aromatic rings. The molecule has 4 nitrogen and oxygen atoms in total. The fourth-order valence-corrected chi connectivity index (χ4v) is 1.25. The van der Waals surface area contributed by atoms with E-state index in [9.17, 15) is 61.1 Å². The highest BCUT2D eigenvalue weighted by molar-refractivity contribution is 7.87. The lowest BCUT2D eigenvalue weighted by atomic mass is 10.1. The van der Waals surface area contributed by atoms with Crippen LogP contribution in [0.5, 0.6) is 0 Å². The highest BCUT2D eigenvalue weighted by atomic mass is 32.2. The standard InChI is InChI=1S/C6H2F12O4S/c7-1(2(8,9)10)22-5(15,16)3(11,12)4(13,14)6(17,18)23(19,20)21/h1H,(H,19,20,21). The fourth-order valence-electron chi connectivity index (χ4n) is 0.798. The Bertz CT molecular complexity index is 536. The first-order valence-electron chi connectivity index (χ1n) is 4.50. The Balaban J connectivity index is 5.95. The van der Waals surface area contributed by atoms with Crippen LogP contribution in [0.2, 0.25) is 0 Å². The maximum atomic E-state index is 12.7. The molecule has 0 rings (SSSR count). The van der Waals surface area contributed by atoms with E-state index in [1.54, 1.807) is 4.74 Å². The molecule has 0 bridgehead atoms. The molecule has 17 heteroatoms. The molecule has 0 aromatic carbocycles. The van der Waals surface area contributed by atoms with Gasteiger partial charge in [-0.1, -0.05) is 0 Å². The Labute approximate surface area is 117 Å². The number of alkyl halides is 12. The number of ether oxygens (including phenoxy) is 1. The van der Waals surface area contributed by atoms with Crippen molar-refractivity contribution in [1.29, 1.82) is 0 Å². The average Bonchev–Trinajstić information content (AvgIpc) is 2.24. The fraction of sp³-hybridized carbons (Fsp3) is 1.00. The average molecular weight is 398 g/mol. The second-order valence-corrected chi connectivity index (χ2v) is 5.10. The van der Waals surface area contributed by atoms with Crippen molar-refractivity contribution >= 4 is 10.1 Å². The van der Waals surface area contributed by atoms with E-state index in [1.165, 1.54) is 0 Å². The van der Waals surface area contributed by atoms with Crippen molar-refractivity contribution < 1.29 is 70.4 Å². The summed E-state index contributed by atoms with van der Waals surface area (Å²) in [4.78, 5) is 0. The van der Waals surface area contributed by atoms with Gasteiger partial charge in [0.15, 0.2) is 0 Å². The minimum Gasteiger partial charge on any atom is -0.281 e. The van der Waals surface area contributed by atoms with Gasteiger partial charge in [-0.05, 0) is 0 Å². The molecule has 1 N–H and O–H groups in total. The molecule has 0 saturated heterocycles. The van der Waals surface area contributed by atoms with E-state index < -0.39 is 45.9 Å². The maximum absolute atomic E-state index is 12.7. The van der Waals surface area contributed by atoms with Crippen LogP contribution in [0.15, 0.2) is 0 Å². The van der Waals surface area contributed by atoms with Gasteiger partial charge in [0, 0.05) is 0 Å². The molecule has 0 aliphatic carbocycles. The van der Waals surface area contributed by atoms with Gasteiger partial charge in [0.2, 0.25) is 0 Å². The lowest BCUT2D eigenvalue weighted by Crippen LogP contribution is -2.65. The van der Waals surface area contributed by atoms with Gasteiger partial charge >= 0.3 is 39.5 Å². The van der Waals surface area contributed by atoms with Crippen LogP contribution in [-0.2, 0) is 14.9 Å². The molecular formula is C6H2F12O4S. The van der Waals surface area contributed by atoms with Crippen LogP contribution in [0.4, 0.5) is 52.7 Å². The van der Waals surface area contributed by atoms with Crippen molar-refractivity contribution in [2.45, 2.75) is 35.7 Å². The Morgan fingerprint density at radius 1 is 0.783 bits per heavy atom. The van der Waals surface area contributed by atoms with E-state index in [2.05, 4.69) is 0 Å². The van der Waals surface area contributed by atoms with Gasteiger partial charge in [-0.15, -0.1) is 0 Å². The van der Waals surface area contributed by atoms with Gasteiger partial charge < -0.3 is 0 Å². The van der Waals surface area contributed by atoms with Gasteiger partial charge in [0.25, 0.3) is 6.36 Å². The monoisotopic (exact) mass is 398 g/mol. The molecule has 140 valence electrons. The molecule has 0 radical (unpaired) electrons. The SMILES string of the molecule is O=S(=O)(O)C(F)(F)C(F)(F)C(F)(F)C(F)(F)OC(F)C(F)(F)F. The first kappa shape index (κ1) is 22.0. The Hall–Kier alpha value is -0.970. The van der Waals surface area contributed by atoms with Crippen LogP contribution in [0, 0.1) is 0 Å². The van der Waals surface area contributed by atoms with Crippen molar-refractivity contribution in [2.75, 3.05) is 0 Å². The van der Waals surface area contributed by atoms with Crippen molar-refractivity contribution in [3.05, 3.63) is 0 Å². The van der Waals surface area contributed by atoms with Crippen molar-refractivity contribution in [3.63, 3.8) is 0 Å². The third kappa shape index (κ3) is 3.59. The normalized spacial score (nSPS) is 17.3. The van der Waals surface area contributed by atoms with E-state index in [0.717, 1.165) is 0 Å². The molecular weight excluding hydrogens is 396 g/mol. The molecule has 1 unspecified atom stereocenters. The number of halogens is 12. The number of hydrogen-bond acceptors (Lipinski definition) is 3. The summed E-state index contributed by atoms with van der Waals surface area (Å²) in [6, 6.07) is 0. The molecule has 0 saturated carbocycles. The minimum atomic E-state index is -7.69. The Morgan fingerprint density at radius 3 is 1.39 bits per heavy atom. The van der Waals surface area contributed by atoms with Crippen LogP contribution in [0.25, 0.3) is 0 Å². The van der Waals surface area contributed by atoms with E-state index in [-0.39, 0.29) is 0 Å². The highest BCUT2D eigenvalue weighted by Crippen LogP contribution is 2.55. The summed E-state index contributed by atoms with van der Waals surface area (Å²) in [7, 11) is -7.43. The number of rotatable bonds is 6. The van der Waals surface area contributed by atoms with Gasteiger partial charge in [-0.25, -0.2) is 4.39 Å². The second kappa shape index (κ2) is 5.54. The third-order valence-electron chi connectivity index (χ3n) is 1.96. The summed E-state index contributed by atoms with van der Waals surface area (Å²) < 4.78 is 177. The summed E-state index contributed by atoms with van der Waals surface area (Å²) in [5.41, 5.74) is 0. The molecule has 0 amide bonds. The molecule has 0 aliphatic heterocycles. The summed E-state index contributed by atoms with van der Waals surface area (Å²) in [6.45, 7) is 0. The quantitative estimate of drug-likeness (QED) is 0.552. The molecule has 0 aromatic heterocycles.